The monoisotopic (exact) mass is 327 g/mol. The zero-order valence-corrected chi connectivity index (χ0v) is 14.4. The number of para-hydroxylation sites is 1. The molecular weight excluding hydrogens is 302 g/mol. The third kappa shape index (κ3) is 3.48. The predicted molar refractivity (Wildman–Crippen MR) is 93.0 cm³/mol. The molecule has 1 aliphatic rings. The van der Waals surface area contributed by atoms with Gasteiger partial charge in [-0.2, -0.15) is 0 Å². The number of methoxy groups -OCH3 is 1. The number of furan rings is 1. The Bertz CT molecular complexity index is 698. The maximum atomic E-state index is 12.6. The molecule has 1 amide bonds. The van der Waals surface area contributed by atoms with E-state index >= 15 is 0 Å². The number of hydrogen-bond donors (Lipinski definition) is 1. The fourth-order valence-electron chi connectivity index (χ4n) is 3.67. The Hall–Kier alpha value is -2.23. The third-order valence-corrected chi connectivity index (χ3v) is 4.85. The lowest BCUT2D eigenvalue weighted by Gasteiger charge is -2.32. The third-order valence-electron chi connectivity index (χ3n) is 4.85. The number of benzene rings is 1. The molecule has 0 bridgehead atoms. The summed E-state index contributed by atoms with van der Waals surface area (Å²) >= 11 is 0. The van der Waals surface area contributed by atoms with Gasteiger partial charge in [0.1, 0.15) is 17.3 Å². The Morgan fingerprint density at radius 1 is 1.21 bits per heavy atom. The minimum atomic E-state index is -0.303. The van der Waals surface area contributed by atoms with Gasteiger partial charge in [-0.3, -0.25) is 4.79 Å². The first-order valence-corrected chi connectivity index (χ1v) is 8.63. The van der Waals surface area contributed by atoms with E-state index in [-0.39, 0.29) is 11.4 Å². The quantitative estimate of drug-likeness (QED) is 0.868. The van der Waals surface area contributed by atoms with Crippen LogP contribution in [0.15, 0.2) is 40.8 Å². The van der Waals surface area contributed by atoms with Gasteiger partial charge in [-0.25, -0.2) is 0 Å². The summed E-state index contributed by atoms with van der Waals surface area (Å²) in [5, 5.41) is 3.30. The van der Waals surface area contributed by atoms with E-state index in [0.29, 0.717) is 12.8 Å². The van der Waals surface area contributed by atoms with Crippen LogP contribution in [-0.2, 0) is 16.8 Å². The van der Waals surface area contributed by atoms with Gasteiger partial charge >= 0.3 is 0 Å². The normalized spacial score (nSPS) is 16.1. The topological polar surface area (TPSA) is 51.5 Å². The largest absolute Gasteiger partial charge is 0.496 e. The Balaban J connectivity index is 1.72. The van der Waals surface area contributed by atoms with Gasteiger partial charge in [0.25, 0.3) is 0 Å². The number of hydrogen-bond acceptors (Lipinski definition) is 3. The van der Waals surface area contributed by atoms with Crippen LogP contribution in [0.1, 0.15) is 49.2 Å². The Labute approximate surface area is 143 Å². The molecule has 2 aromatic rings. The molecule has 1 aromatic heterocycles. The average molecular weight is 327 g/mol. The highest BCUT2D eigenvalue weighted by molar-refractivity contribution is 5.77. The van der Waals surface area contributed by atoms with Crippen LogP contribution in [0.4, 0.5) is 0 Å². The molecule has 128 valence electrons. The van der Waals surface area contributed by atoms with Crippen LogP contribution in [0.25, 0.3) is 0 Å². The van der Waals surface area contributed by atoms with Crippen LogP contribution in [-0.4, -0.2) is 13.0 Å². The maximum absolute atomic E-state index is 12.6. The number of nitrogens with one attached hydrogen (secondary N) is 1. The van der Waals surface area contributed by atoms with Gasteiger partial charge in [-0.15, -0.1) is 0 Å². The molecule has 0 atom stereocenters. The van der Waals surface area contributed by atoms with Gasteiger partial charge in [0.15, 0.2) is 0 Å². The van der Waals surface area contributed by atoms with E-state index in [0.717, 1.165) is 48.5 Å². The summed E-state index contributed by atoms with van der Waals surface area (Å²) in [5.74, 6) is 2.66. The van der Waals surface area contributed by atoms with Gasteiger partial charge in [-0.1, -0.05) is 31.0 Å². The molecule has 1 saturated carbocycles. The lowest BCUT2D eigenvalue weighted by molar-refractivity contribution is -0.123. The second-order valence-corrected chi connectivity index (χ2v) is 6.55. The molecule has 0 aliphatic heterocycles. The molecule has 0 radical (unpaired) electrons. The summed E-state index contributed by atoms with van der Waals surface area (Å²) in [6.07, 6.45) is 5.22. The minimum absolute atomic E-state index is 0.0665. The SMILES string of the molecule is COc1ccccc1C1(NC(=O)CCc2ccc(C)o2)CCCC1. The van der Waals surface area contributed by atoms with Crippen molar-refractivity contribution >= 4 is 5.91 Å². The van der Waals surface area contributed by atoms with Crippen molar-refractivity contribution in [2.45, 2.75) is 51.0 Å². The van der Waals surface area contributed by atoms with Crippen molar-refractivity contribution in [1.29, 1.82) is 0 Å². The predicted octanol–water partition coefficient (Wildman–Crippen LogP) is 4.11. The smallest absolute Gasteiger partial charge is 0.221 e. The highest BCUT2D eigenvalue weighted by atomic mass is 16.5. The van der Waals surface area contributed by atoms with Gasteiger partial charge in [0.2, 0.25) is 5.91 Å². The van der Waals surface area contributed by atoms with Crippen molar-refractivity contribution in [2.24, 2.45) is 0 Å². The fourth-order valence-corrected chi connectivity index (χ4v) is 3.67. The van der Waals surface area contributed by atoms with E-state index in [9.17, 15) is 4.79 Å². The van der Waals surface area contributed by atoms with Crippen molar-refractivity contribution in [3.05, 3.63) is 53.5 Å². The molecule has 1 aromatic carbocycles. The van der Waals surface area contributed by atoms with Crippen LogP contribution in [0.2, 0.25) is 0 Å². The highest BCUT2D eigenvalue weighted by Crippen LogP contribution is 2.42. The van der Waals surface area contributed by atoms with E-state index in [1.54, 1.807) is 7.11 Å². The summed E-state index contributed by atoms with van der Waals surface area (Å²) in [7, 11) is 1.68. The van der Waals surface area contributed by atoms with Crippen LogP contribution in [0, 0.1) is 6.92 Å². The minimum Gasteiger partial charge on any atom is -0.496 e. The molecule has 4 nitrogen and oxygen atoms in total. The molecule has 1 fully saturated rings. The van der Waals surface area contributed by atoms with Gasteiger partial charge in [0, 0.05) is 18.4 Å². The number of rotatable bonds is 6. The molecule has 0 unspecified atom stereocenters. The molecule has 24 heavy (non-hydrogen) atoms. The number of aryl methyl sites for hydroxylation is 2. The second kappa shape index (κ2) is 7.12. The molecule has 1 N–H and O–H groups in total. The maximum Gasteiger partial charge on any atom is 0.221 e. The van der Waals surface area contributed by atoms with Crippen molar-refractivity contribution in [1.82, 2.24) is 5.32 Å². The van der Waals surface area contributed by atoms with Crippen LogP contribution >= 0.6 is 0 Å². The lowest BCUT2D eigenvalue weighted by atomic mass is 9.87. The Kier molecular flexibility index (Phi) is 4.93. The second-order valence-electron chi connectivity index (χ2n) is 6.55. The fraction of sp³-hybridized carbons (Fsp3) is 0.450. The summed E-state index contributed by atoms with van der Waals surface area (Å²) in [6.45, 7) is 1.92. The van der Waals surface area contributed by atoms with Crippen LogP contribution in [0.3, 0.4) is 0 Å². The van der Waals surface area contributed by atoms with Gasteiger partial charge in [-0.05, 0) is 38.0 Å². The average Bonchev–Trinajstić information content (AvgIpc) is 3.23. The summed E-state index contributed by atoms with van der Waals surface area (Å²) in [6, 6.07) is 11.9. The zero-order chi connectivity index (χ0) is 17.0. The summed E-state index contributed by atoms with van der Waals surface area (Å²) < 4.78 is 11.1. The van der Waals surface area contributed by atoms with E-state index < -0.39 is 0 Å². The van der Waals surface area contributed by atoms with E-state index in [4.69, 9.17) is 9.15 Å². The number of ether oxygens (including phenoxy) is 1. The van der Waals surface area contributed by atoms with E-state index in [2.05, 4.69) is 11.4 Å². The summed E-state index contributed by atoms with van der Waals surface area (Å²) in [4.78, 5) is 12.6. The number of amides is 1. The first-order valence-electron chi connectivity index (χ1n) is 8.63. The molecule has 1 aliphatic carbocycles. The van der Waals surface area contributed by atoms with Crippen molar-refractivity contribution < 1.29 is 13.9 Å². The van der Waals surface area contributed by atoms with E-state index in [1.165, 1.54) is 0 Å². The van der Waals surface area contributed by atoms with Crippen molar-refractivity contribution in [3.63, 3.8) is 0 Å². The van der Waals surface area contributed by atoms with Gasteiger partial charge < -0.3 is 14.5 Å². The number of carbonyl (C=O) groups is 1. The standard InChI is InChI=1S/C20H25NO3/c1-15-9-10-16(24-15)11-12-19(22)21-20(13-5-6-14-20)17-7-3-4-8-18(17)23-2/h3-4,7-10H,5-6,11-14H2,1-2H3,(H,21,22). The highest BCUT2D eigenvalue weighted by Gasteiger charge is 2.38. The molecule has 4 heteroatoms. The Morgan fingerprint density at radius 3 is 2.62 bits per heavy atom. The molecular formula is C20H25NO3. The molecule has 1 heterocycles. The first-order chi connectivity index (χ1) is 11.6. The van der Waals surface area contributed by atoms with Crippen LogP contribution < -0.4 is 10.1 Å². The molecule has 0 spiro atoms. The zero-order valence-electron chi connectivity index (χ0n) is 14.4. The Morgan fingerprint density at radius 2 is 1.96 bits per heavy atom. The summed E-state index contributed by atoms with van der Waals surface area (Å²) in [5.41, 5.74) is 0.787. The molecule has 0 saturated heterocycles. The van der Waals surface area contributed by atoms with Crippen molar-refractivity contribution in [2.75, 3.05) is 7.11 Å². The van der Waals surface area contributed by atoms with E-state index in [1.807, 2.05) is 37.3 Å². The van der Waals surface area contributed by atoms with Gasteiger partial charge in [0.05, 0.1) is 12.6 Å². The number of carbonyl (C=O) groups excluding carboxylic acids is 1. The first kappa shape index (κ1) is 16.6. The van der Waals surface area contributed by atoms with Crippen LogP contribution in [0.5, 0.6) is 5.75 Å². The molecule has 3 rings (SSSR count). The lowest BCUT2D eigenvalue weighted by Crippen LogP contribution is -2.44. The van der Waals surface area contributed by atoms with Crippen molar-refractivity contribution in [3.8, 4) is 5.75 Å².